The summed E-state index contributed by atoms with van der Waals surface area (Å²) in [4.78, 5) is 28.0. The minimum absolute atomic E-state index is 0. The Morgan fingerprint density at radius 2 is 1.14 bits per heavy atom. The first-order valence-corrected chi connectivity index (χ1v) is 26.1. The van der Waals surface area contributed by atoms with Gasteiger partial charge in [-0.3, -0.25) is 9.78 Å². The molecule has 4 heterocycles. The van der Waals surface area contributed by atoms with E-state index in [0.717, 1.165) is 72.8 Å². The van der Waals surface area contributed by atoms with E-state index in [1.54, 1.807) is 18.3 Å². The number of halogens is 1. The zero-order chi connectivity index (χ0) is 56.1. The molecule has 4 radical (unpaired) electrons. The van der Waals surface area contributed by atoms with Crippen molar-refractivity contribution in [2.75, 3.05) is 0 Å². The molecule has 83 heavy (non-hydrogen) atoms. The smallest absolute Gasteiger partial charge is 0.155 e. The normalized spacial score (nSPS) is 10.1. The summed E-state index contributed by atoms with van der Waals surface area (Å²) in [7, 11) is 0. The number of nitrogens with zero attached hydrogens (tertiary/aromatic N) is 4. The van der Waals surface area contributed by atoms with E-state index < -0.39 is 0 Å². The van der Waals surface area contributed by atoms with Crippen molar-refractivity contribution < 1.29 is 94.7 Å². The second-order valence-corrected chi connectivity index (χ2v) is 19.1. The van der Waals surface area contributed by atoms with E-state index in [1.165, 1.54) is 65.3 Å². The molecule has 430 valence electrons. The molecule has 0 aliphatic carbocycles. The van der Waals surface area contributed by atoms with Crippen molar-refractivity contribution in [1.82, 2.24) is 19.9 Å². The van der Waals surface area contributed by atoms with Crippen LogP contribution in [0.15, 0.2) is 231 Å². The summed E-state index contributed by atoms with van der Waals surface area (Å²) in [6.07, 6.45) is 6.73. The van der Waals surface area contributed by atoms with Crippen LogP contribution in [0.1, 0.15) is 61.4 Å². The molecular formula is C72H63FIr4N4O2-4. The Morgan fingerprint density at radius 1 is 0.530 bits per heavy atom. The number of hydrogen-bond acceptors (Lipinski definition) is 6. The number of carbonyl (C=O) groups excluding carboxylic acids is 1. The second-order valence-electron chi connectivity index (χ2n) is 19.1. The average molecular weight is 1800 g/mol. The summed E-state index contributed by atoms with van der Waals surface area (Å²) in [5, 5.41) is 9.53. The molecule has 11 heteroatoms. The Bertz CT molecular complexity index is 3690. The Labute approximate surface area is 543 Å². The fourth-order valence-electron chi connectivity index (χ4n) is 8.28. The Hall–Kier alpha value is -6.86. The molecule has 0 aliphatic heterocycles. The standard InChI is InChI=1S/C20H18N.C19H15FN.C17H14N.C11H8N.C5H8O2.4Ir/c1-15(2)19-11-12-20(21-14-19)18-10-6-9-17(13-18)16-7-4-3-5-8-16;1-13-10-11-21-19(14(13)2)17-5-3-4-16(12-17)15-6-8-18(20)9-7-15;1-12-9-13(2)11-15(10-12)17-8-7-14-5-3-4-6-16(14)18-17;1-2-6-10(7-3-1)11-8-4-5-9-12-11;1-4(6)3-5(2)7;;;;/h3-9,11-15H,1-2H3;3-4,6-12H,1-2H3;3-10H,1-2H3;1-6,8-9H;3,6H,1-2H3;;;;/q4*-1;;;;;. The summed E-state index contributed by atoms with van der Waals surface area (Å²) in [5.41, 5.74) is 19.5. The first-order valence-electron chi connectivity index (χ1n) is 26.1. The van der Waals surface area contributed by atoms with Crippen molar-refractivity contribution in [3.63, 3.8) is 0 Å². The molecule has 0 bridgehead atoms. The van der Waals surface area contributed by atoms with Crippen LogP contribution < -0.4 is 0 Å². The van der Waals surface area contributed by atoms with Crippen LogP contribution >= 0.6 is 0 Å². The number of allylic oxidation sites excluding steroid dienone is 2. The van der Waals surface area contributed by atoms with E-state index in [4.69, 9.17) is 10.1 Å². The zero-order valence-electron chi connectivity index (χ0n) is 47.3. The quantitative estimate of drug-likeness (QED) is 0.0926. The van der Waals surface area contributed by atoms with Gasteiger partial charge in [0.25, 0.3) is 0 Å². The topological polar surface area (TPSA) is 88.9 Å². The van der Waals surface area contributed by atoms with Gasteiger partial charge in [0.1, 0.15) is 5.82 Å². The number of aryl methyl sites for hydroxylation is 3. The van der Waals surface area contributed by atoms with Crippen molar-refractivity contribution in [2.45, 2.75) is 61.3 Å². The number of benzene rings is 7. The number of carbonyl (C=O) groups is 1. The predicted octanol–water partition coefficient (Wildman–Crippen LogP) is 18.2. The van der Waals surface area contributed by atoms with Crippen LogP contribution in [-0.2, 0) is 85.2 Å². The SMILES string of the molecule is CC(=O)C=C(C)O.CC(C)c1ccc(-c2[c-]ccc(-c3ccccc3)c2)nc1.Cc1[c-]c(-c2ccc3ccccc3n2)cc(C)c1.Cc1ccnc(-c2[c-]ccc(-c3ccc(F)cc3)c2)c1C.[Ir].[Ir].[Ir].[Ir].[c-]1ccccc1-c1ccccn1. The number of rotatable bonds is 8. The first-order chi connectivity index (χ1) is 38.2. The molecule has 0 atom stereocenters. The van der Waals surface area contributed by atoms with Gasteiger partial charge in [0, 0.05) is 105 Å². The molecule has 4 aromatic heterocycles. The molecule has 7 aromatic carbocycles. The fraction of sp³-hybridized carbons (Fsp3) is 0.125. The van der Waals surface area contributed by atoms with Gasteiger partial charge >= 0.3 is 0 Å². The van der Waals surface area contributed by atoms with E-state index in [9.17, 15) is 9.18 Å². The third-order valence-electron chi connectivity index (χ3n) is 12.4. The van der Waals surface area contributed by atoms with E-state index in [2.05, 4.69) is 160 Å². The average Bonchev–Trinajstić information content (AvgIpc) is 3.68. The van der Waals surface area contributed by atoms with Crippen LogP contribution in [0, 0.1) is 57.8 Å². The molecule has 0 saturated heterocycles. The van der Waals surface area contributed by atoms with Gasteiger partial charge < -0.3 is 20.1 Å². The van der Waals surface area contributed by atoms with Crippen LogP contribution in [-0.4, -0.2) is 30.8 Å². The number of pyridine rings is 4. The van der Waals surface area contributed by atoms with Gasteiger partial charge in [-0.15, -0.1) is 142 Å². The molecule has 6 nitrogen and oxygen atoms in total. The Morgan fingerprint density at radius 3 is 1.75 bits per heavy atom. The molecule has 0 spiro atoms. The van der Waals surface area contributed by atoms with Crippen molar-refractivity contribution in [3.8, 4) is 67.3 Å². The molecule has 0 unspecified atom stereocenters. The van der Waals surface area contributed by atoms with Crippen LogP contribution in [0.25, 0.3) is 78.2 Å². The molecule has 11 rings (SSSR count). The molecule has 0 fully saturated rings. The van der Waals surface area contributed by atoms with Gasteiger partial charge in [-0.2, -0.15) is 0 Å². The van der Waals surface area contributed by atoms with Crippen LogP contribution in [0.2, 0.25) is 0 Å². The molecule has 0 aliphatic rings. The van der Waals surface area contributed by atoms with Gasteiger partial charge in [0.05, 0.1) is 11.3 Å². The number of ketones is 1. The van der Waals surface area contributed by atoms with E-state index in [-0.39, 0.29) is 97.8 Å². The van der Waals surface area contributed by atoms with Gasteiger partial charge in [0.15, 0.2) is 5.78 Å². The molecule has 11 aromatic rings. The zero-order valence-corrected chi connectivity index (χ0v) is 56.9. The first kappa shape index (κ1) is 70.4. The summed E-state index contributed by atoms with van der Waals surface area (Å²) < 4.78 is 13.0. The number of aliphatic hydroxyl groups is 1. The van der Waals surface area contributed by atoms with E-state index in [0.29, 0.717) is 5.92 Å². The third-order valence-corrected chi connectivity index (χ3v) is 12.4. The fourth-order valence-corrected chi connectivity index (χ4v) is 8.28. The monoisotopic (exact) mass is 1810 g/mol. The van der Waals surface area contributed by atoms with Gasteiger partial charge in [-0.05, 0) is 109 Å². The number of aromatic nitrogens is 4. The van der Waals surface area contributed by atoms with Crippen LogP contribution in [0.3, 0.4) is 0 Å². The molecule has 0 saturated carbocycles. The number of para-hydroxylation sites is 1. The molecular weight excluding hydrogens is 1740 g/mol. The maximum absolute atomic E-state index is 13.0. The van der Waals surface area contributed by atoms with E-state index >= 15 is 0 Å². The van der Waals surface area contributed by atoms with E-state index in [1.807, 2.05) is 109 Å². The summed E-state index contributed by atoms with van der Waals surface area (Å²) in [6.45, 7) is 15.5. The summed E-state index contributed by atoms with van der Waals surface area (Å²) >= 11 is 0. The summed E-state index contributed by atoms with van der Waals surface area (Å²) in [6, 6.07) is 78.5. The van der Waals surface area contributed by atoms with Crippen LogP contribution in [0.5, 0.6) is 0 Å². The van der Waals surface area contributed by atoms with Crippen molar-refractivity contribution in [1.29, 1.82) is 0 Å². The maximum Gasteiger partial charge on any atom is 0.155 e. The van der Waals surface area contributed by atoms with Gasteiger partial charge in [-0.1, -0.05) is 136 Å². The minimum atomic E-state index is -0.224. The minimum Gasteiger partial charge on any atom is -0.512 e. The predicted molar refractivity (Wildman–Crippen MR) is 322 cm³/mol. The van der Waals surface area contributed by atoms with Crippen molar-refractivity contribution >= 4 is 16.7 Å². The number of aliphatic hydroxyl groups excluding tert-OH is 1. The third kappa shape index (κ3) is 22.0. The second kappa shape index (κ2) is 36.0. The van der Waals surface area contributed by atoms with Crippen molar-refractivity contribution in [3.05, 3.63) is 289 Å². The Balaban J connectivity index is 0.000000279. The number of hydrogen-bond donors (Lipinski definition) is 1. The maximum atomic E-state index is 13.0. The van der Waals surface area contributed by atoms with Gasteiger partial charge in [0.2, 0.25) is 0 Å². The van der Waals surface area contributed by atoms with Crippen molar-refractivity contribution in [2.24, 2.45) is 0 Å². The Kier molecular flexibility index (Phi) is 30.5. The summed E-state index contributed by atoms with van der Waals surface area (Å²) in [5.74, 6) is 0.219. The number of fused-ring (bicyclic) bond motifs is 1. The molecule has 1 N–H and O–H groups in total. The van der Waals surface area contributed by atoms with Crippen LogP contribution in [0.4, 0.5) is 4.39 Å². The largest absolute Gasteiger partial charge is 0.512 e. The molecule has 0 amide bonds. The van der Waals surface area contributed by atoms with Gasteiger partial charge in [-0.25, -0.2) is 4.39 Å².